The maximum Gasteiger partial charge on any atom is 0.225 e. The van der Waals surface area contributed by atoms with Crippen LogP contribution in [-0.2, 0) is 23.8 Å². The van der Waals surface area contributed by atoms with Crippen LogP contribution in [0.25, 0.3) is 10.9 Å². The summed E-state index contributed by atoms with van der Waals surface area (Å²) in [7, 11) is 5.44. The SMILES string of the molecule is COc1ccc(CN2CC3(CN(C(=O)C4CC4)C3)c3c(n(C)c4cc(OC)ccc34)[C@@H]2CO)cc1. The normalized spacial score (nSPS) is 21.1. The molecule has 0 bridgehead atoms. The van der Waals surface area contributed by atoms with Gasteiger partial charge in [-0.05, 0) is 48.2 Å². The van der Waals surface area contributed by atoms with Gasteiger partial charge in [0.15, 0.2) is 0 Å². The number of rotatable bonds is 6. The molecule has 7 nitrogen and oxygen atoms in total. The lowest BCUT2D eigenvalue weighted by atomic mass is 9.68. The van der Waals surface area contributed by atoms with Crippen LogP contribution in [0.4, 0.5) is 0 Å². The molecule has 35 heavy (non-hydrogen) atoms. The van der Waals surface area contributed by atoms with Gasteiger partial charge in [0, 0.05) is 61.7 Å². The Balaban J connectivity index is 1.43. The standard InChI is InChI=1S/C28H33N3O4/c1-29-23-12-21(35-3)10-11-22(23)25-26(29)24(14-32)30(13-18-4-8-20(34-2)9-5-18)15-28(25)16-31(17-28)27(33)19-6-7-19/h4-5,8-12,19,24,32H,6-7,13-17H2,1-3H3/t24-/m0/s1. The number of benzene rings is 2. The highest BCUT2D eigenvalue weighted by Crippen LogP contribution is 2.50. The largest absolute Gasteiger partial charge is 0.497 e. The predicted octanol–water partition coefficient (Wildman–Crippen LogP) is 3.23. The molecular weight excluding hydrogens is 442 g/mol. The molecule has 184 valence electrons. The zero-order valence-corrected chi connectivity index (χ0v) is 20.7. The Kier molecular flexibility index (Phi) is 5.31. The third-order valence-electron chi connectivity index (χ3n) is 8.19. The van der Waals surface area contributed by atoms with Crippen LogP contribution in [0.1, 0.15) is 35.7 Å². The van der Waals surface area contributed by atoms with Crippen molar-refractivity contribution < 1.29 is 19.4 Å². The third kappa shape index (κ3) is 3.52. The molecule has 3 aliphatic rings. The number of nitrogens with zero attached hydrogens (tertiary/aromatic N) is 3. The summed E-state index contributed by atoms with van der Waals surface area (Å²) in [5, 5.41) is 11.8. The van der Waals surface area contributed by atoms with Crippen LogP contribution in [0.3, 0.4) is 0 Å². The zero-order valence-electron chi connectivity index (χ0n) is 20.7. The van der Waals surface area contributed by atoms with Gasteiger partial charge in [-0.25, -0.2) is 0 Å². The van der Waals surface area contributed by atoms with Gasteiger partial charge in [-0.15, -0.1) is 0 Å². The van der Waals surface area contributed by atoms with Crippen molar-refractivity contribution in [1.82, 2.24) is 14.4 Å². The van der Waals surface area contributed by atoms with E-state index in [1.807, 2.05) is 18.2 Å². The van der Waals surface area contributed by atoms with Gasteiger partial charge in [0.2, 0.25) is 5.91 Å². The average molecular weight is 476 g/mol. The van der Waals surface area contributed by atoms with E-state index in [9.17, 15) is 9.90 Å². The van der Waals surface area contributed by atoms with Crippen molar-refractivity contribution in [1.29, 1.82) is 0 Å². The number of carbonyl (C=O) groups is 1. The van der Waals surface area contributed by atoms with Crippen molar-refractivity contribution in [2.45, 2.75) is 30.8 Å². The van der Waals surface area contributed by atoms with Gasteiger partial charge in [-0.1, -0.05) is 12.1 Å². The quantitative estimate of drug-likeness (QED) is 0.593. The molecule has 2 fully saturated rings. The fraction of sp³-hybridized carbons (Fsp3) is 0.464. The van der Waals surface area contributed by atoms with E-state index < -0.39 is 0 Å². The van der Waals surface area contributed by atoms with Crippen molar-refractivity contribution in [2.75, 3.05) is 40.5 Å². The van der Waals surface area contributed by atoms with E-state index in [1.165, 1.54) is 16.5 Å². The van der Waals surface area contributed by atoms with Crippen molar-refractivity contribution in [3.63, 3.8) is 0 Å². The van der Waals surface area contributed by atoms with E-state index in [0.717, 1.165) is 61.7 Å². The van der Waals surface area contributed by atoms with Gasteiger partial charge in [0.1, 0.15) is 11.5 Å². The van der Waals surface area contributed by atoms with E-state index in [-0.39, 0.29) is 24.0 Å². The van der Waals surface area contributed by atoms with Gasteiger partial charge in [-0.3, -0.25) is 9.69 Å². The molecule has 2 aromatic carbocycles. The molecule has 3 heterocycles. The molecule has 0 radical (unpaired) electrons. The van der Waals surface area contributed by atoms with Crippen LogP contribution in [0, 0.1) is 5.92 Å². The first-order chi connectivity index (χ1) is 17.0. The van der Waals surface area contributed by atoms with Gasteiger partial charge in [0.25, 0.3) is 0 Å². The van der Waals surface area contributed by atoms with E-state index in [1.54, 1.807) is 14.2 Å². The maximum atomic E-state index is 12.9. The predicted molar refractivity (Wildman–Crippen MR) is 134 cm³/mol. The monoisotopic (exact) mass is 475 g/mol. The highest BCUT2D eigenvalue weighted by atomic mass is 16.5. The number of aromatic nitrogens is 1. The third-order valence-corrected chi connectivity index (χ3v) is 8.19. The summed E-state index contributed by atoms with van der Waals surface area (Å²) in [4.78, 5) is 17.3. The number of ether oxygens (including phenoxy) is 2. The van der Waals surface area contributed by atoms with Crippen molar-refractivity contribution in [2.24, 2.45) is 13.0 Å². The minimum Gasteiger partial charge on any atom is -0.497 e. The summed E-state index contributed by atoms with van der Waals surface area (Å²) < 4.78 is 13.1. The van der Waals surface area contributed by atoms with Crippen LogP contribution in [0.5, 0.6) is 11.5 Å². The number of carbonyl (C=O) groups excluding carboxylic acids is 1. The number of fused-ring (bicyclic) bond motifs is 4. The number of aliphatic hydroxyl groups is 1. The molecule has 6 rings (SSSR count). The second-order valence-corrected chi connectivity index (χ2v) is 10.4. The Morgan fingerprint density at radius 1 is 1.03 bits per heavy atom. The van der Waals surface area contributed by atoms with Gasteiger partial charge in [-0.2, -0.15) is 0 Å². The van der Waals surface area contributed by atoms with E-state index in [4.69, 9.17) is 9.47 Å². The summed E-state index contributed by atoms with van der Waals surface area (Å²) in [6.07, 6.45) is 2.05. The van der Waals surface area contributed by atoms with Crippen molar-refractivity contribution >= 4 is 16.8 Å². The highest BCUT2D eigenvalue weighted by molar-refractivity contribution is 5.90. The summed E-state index contributed by atoms with van der Waals surface area (Å²) in [6.45, 7) is 3.02. The molecule has 1 aliphatic carbocycles. The van der Waals surface area contributed by atoms with Crippen LogP contribution >= 0.6 is 0 Å². The number of likely N-dealkylation sites (tertiary alicyclic amines) is 1. The molecule has 1 N–H and O–H groups in total. The van der Waals surface area contributed by atoms with Gasteiger partial charge < -0.3 is 24.0 Å². The smallest absolute Gasteiger partial charge is 0.225 e. The minimum absolute atomic E-state index is 0.0330. The van der Waals surface area contributed by atoms with Crippen molar-refractivity contribution in [3.8, 4) is 11.5 Å². The summed E-state index contributed by atoms with van der Waals surface area (Å²) in [6, 6.07) is 14.3. The number of methoxy groups -OCH3 is 2. The average Bonchev–Trinajstić information content (AvgIpc) is 3.67. The number of aliphatic hydroxyl groups excluding tert-OH is 1. The van der Waals surface area contributed by atoms with Gasteiger partial charge >= 0.3 is 0 Å². The first-order valence-electron chi connectivity index (χ1n) is 12.4. The van der Waals surface area contributed by atoms with E-state index in [2.05, 4.69) is 45.7 Å². The topological polar surface area (TPSA) is 67.2 Å². The molecule has 7 heteroatoms. The fourth-order valence-electron chi connectivity index (χ4n) is 6.28. The Bertz CT molecular complexity index is 1270. The molecule has 0 unspecified atom stereocenters. The molecule has 1 spiro atoms. The lowest BCUT2D eigenvalue weighted by molar-refractivity contribution is -0.142. The number of amides is 1. The molecule has 2 aliphatic heterocycles. The van der Waals surface area contributed by atoms with Gasteiger partial charge in [0.05, 0.1) is 32.4 Å². The van der Waals surface area contributed by atoms with Crippen LogP contribution < -0.4 is 9.47 Å². The maximum absolute atomic E-state index is 12.9. The molecule has 1 atom stereocenters. The molecule has 3 aromatic rings. The lowest BCUT2D eigenvalue weighted by Gasteiger charge is -2.56. The summed E-state index contributed by atoms with van der Waals surface area (Å²) >= 11 is 0. The second kappa shape index (κ2) is 8.28. The Labute approximate surface area is 205 Å². The van der Waals surface area contributed by atoms with Crippen LogP contribution in [-0.4, -0.2) is 65.8 Å². The van der Waals surface area contributed by atoms with Crippen LogP contribution in [0.15, 0.2) is 42.5 Å². The zero-order chi connectivity index (χ0) is 24.3. The molecule has 1 aromatic heterocycles. The minimum atomic E-state index is -0.147. The molecular formula is C28H33N3O4. The van der Waals surface area contributed by atoms with Crippen LogP contribution in [0.2, 0.25) is 0 Å². The molecule has 1 saturated heterocycles. The molecule has 1 amide bonds. The number of aryl methyl sites for hydroxylation is 1. The Morgan fingerprint density at radius 2 is 1.71 bits per heavy atom. The number of hydrogen-bond donors (Lipinski definition) is 1. The number of hydrogen-bond acceptors (Lipinski definition) is 5. The summed E-state index contributed by atoms with van der Waals surface area (Å²) in [5.41, 5.74) is 4.57. The first kappa shape index (κ1) is 22.4. The second-order valence-electron chi connectivity index (χ2n) is 10.4. The summed E-state index contributed by atoms with van der Waals surface area (Å²) in [5.74, 6) is 2.19. The van der Waals surface area contributed by atoms with Crippen molar-refractivity contribution in [3.05, 3.63) is 59.3 Å². The lowest BCUT2D eigenvalue weighted by Crippen LogP contribution is -2.67. The Hall–Kier alpha value is -3.03. The highest BCUT2D eigenvalue weighted by Gasteiger charge is 2.55. The van der Waals surface area contributed by atoms with E-state index in [0.29, 0.717) is 5.91 Å². The first-order valence-corrected chi connectivity index (χ1v) is 12.4. The Morgan fingerprint density at radius 3 is 2.34 bits per heavy atom. The molecule has 1 saturated carbocycles. The van der Waals surface area contributed by atoms with E-state index >= 15 is 0 Å². The fourth-order valence-corrected chi connectivity index (χ4v) is 6.28.